The number of nitrogen functional groups attached to an aromatic ring is 1. The Kier molecular flexibility index (Phi) is 5.37. The van der Waals surface area contributed by atoms with Gasteiger partial charge in [-0.3, -0.25) is 4.79 Å². The largest absolute Gasteiger partial charge is 0.457 e. The monoisotopic (exact) mass is 438 g/mol. The molecule has 4 aromatic rings. The van der Waals surface area contributed by atoms with Gasteiger partial charge >= 0.3 is 0 Å². The van der Waals surface area contributed by atoms with E-state index >= 15 is 0 Å². The molecule has 1 saturated heterocycles. The van der Waals surface area contributed by atoms with Crippen LogP contribution in [0, 0.1) is 12.3 Å². The second-order valence-corrected chi connectivity index (χ2v) is 7.86. The molecule has 8 nitrogen and oxygen atoms in total. The fourth-order valence-electron chi connectivity index (χ4n) is 4.16. The van der Waals surface area contributed by atoms with Gasteiger partial charge in [0.25, 0.3) is 5.91 Å². The minimum absolute atomic E-state index is 0.0815. The SMILES string of the molecule is C#CC(=O)N1CCC(n2nc(-c3ccc(Oc4ccccc4)cc3)c3c(N)ncnc32)CC1. The number of amides is 1. The van der Waals surface area contributed by atoms with Crippen LogP contribution in [0.2, 0.25) is 0 Å². The van der Waals surface area contributed by atoms with Gasteiger partial charge in [-0.05, 0) is 55.2 Å². The van der Waals surface area contributed by atoms with Crippen molar-refractivity contribution >= 4 is 22.8 Å². The molecule has 1 amide bonds. The maximum absolute atomic E-state index is 11.8. The Labute approximate surface area is 191 Å². The van der Waals surface area contributed by atoms with Crippen molar-refractivity contribution in [3.63, 3.8) is 0 Å². The van der Waals surface area contributed by atoms with Crippen molar-refractivity contribution in [1.29, 1.82) is 0 Å². The first kappa shape index (κ1) is 20.5. The molecule has 0 radical (unpaired) electrons. The number of hydrogen-bond donors (Lipinski definition) is 1. The van der Waals surface area contributed by atoms with Crippen LogP contribution >= 0.6 is 0 Å². The fraction of sp³-hybridized carbons (Fsp3) is 0.200. The summed E-state index contributed by atoms with van der Waals surface area (Å²) >= 11 is 0. The Morgan fingerprint density at radius 3 is 2.42 bits per heavy atom. The fourth-order valence-corrected chi connectivity index (χ4v) is 4.16. The summed E-state index contributed by atoms with van der Waals surface area (Å²) < 4.78 is 7.81. The number of piperidine rings is 1. The van der Waals surface area contributed by atoms with Crippen LogP contribution in [-0.2, 0) is 4.79 Å². The van der Waals surface area contributed by atoms with E-state index in [2.05, 4.69) is 15.9 Å². The van der Waals surface area contributed by atoms with Gasteiger partial charge in [0, 0.05) is 18.7 Å². The highest BCUT2D eigenvalue weighted by Crippen LogP contribution is 2.35. The van der Waals surface area contributed by atoms with Crippen molar-refractivity contribution in [3.8, 4) is 35.1 Å². The number of anilines is 1. The highest BCUT2D eigenvalue weighted by atomic mass is 16.5. The van der Waals surface area contributed by atoms with Crippen molar-refractivity contribution in [1.82, 2.24) is 24.6 Å². The number of carbonyl (C=O) groups is 1. The van der Waals surface area contributed by atoms with Crippen LogP contribution in [0.4, 0.5) is 5.82 Å². The third-order valence-electron chi connectivity index (χ3n) is 5.85. The van der Waals surface area contributed by atoms with Gasteiger partial charge in [0.15, 0.2) is 5.65 Å². The Balaban J connectivity index is 1.46. The molecule has 8 heteroatoms. The molecule has 0 unspecified atom stereocenters. The van der Waals surface area contributed by atoms with E-state index in [-0.39, 0.29) is 11.9 Å². The van der Waals surface area contributed by atoms with Crippen LogP contribution < -0.4 is 10.5 Å². The number of nitrogens with zero attached hydrogens (tertiary/aromatic N) is 5. The zero-order valence-corrected chi connectivity index (χ0v) is 17.9. The standard InChI is InChI=1S/C25H22N6O2/c1-2-21(32)30-14-12-18(13-15-30)31-25-22(24(26)27-16-28-25)23(29-31)17-8-10-20(11-9-17)33-19-6-4-3-5-7-19/h1,3-11,16,18H,12-15H2,(H2,26,27,28). The van der Waals surface area contributed by atoms with Crippen molar-refractivity contribution < 1.29 is 9.53 Å². The first-order chi connectivity index (χ1) is 16.1. The average molecular weight is 438 g/mol. The Bertz CT molecular complexity index is 1330. The van der Waals surface area contributed by atoms with Crippen LogP contribution in [0.3, 0.4) is 0 Å². The highest BCUT2D eigenvalue weighted by Gasteiger charge is 2.27. The number of nitrogens with two attached hydrogens (primary N) is 1. The normalized spacial score (nSPS) is 14.2. The lowest BCUT2D eigenvalue weighted by molar-refractivity contribution is -0.126. The van der Waals surface area contributed by atoms with Gasteiger partial charge in [-0.15, -0.1) is 6.42 Å². The number of rotatable bonds is 4. The molecule has 33 heavy (non-hydrogen) atoms. The van der Waals surface area contributed by atoms with E-state index in [0.29, 0.717) is 24.6 Å². The number of benzene rings is 2. The quantitative estimate of drug-likeness (QED) is 0.488. The van der Waals surface area contributed by atoms with E-state index in [0.717, 1.165) is 41.0 Å². The van der Waals surface area contributed by atoms with Crippen molar-refractivity contribution in [2.24, 2.45) is 0 Å². The zero-order valence-electron chi connectivity index (χ0n) is 17.9. The molecule has 2 N–H and O–H groups in total. The molecule has 1 aliphatic heterocycles. The first-order valence-electron chi connectivity index (χ1n) is 10.7. The molecule has 0 aliphatic carbocycles. The molecule has 1 fully saturated rings. The number of carbonyl (C=O) groups excluding carboxylic acids is 1. The van der Waals surface area contributed by atoms with Crippen molar-refractivity contribution in [2.45, 2.75) is 18.9 Å². The topological polar surface area (TPSA) is 99.2 Å². The lowest BCUT2D eigenvalue weighted by Gasteiger charge is -2.30. The summed E-state index contributed by atoms with van der Waals surface area (Å²) in [5.41, 5.74) is 8.54. The summed E-state index contributed by atoms with van der Waals surface area (Å²) in [6.07, 6.45) is 8.18. The summed E-state index contributed by atoms with van der Waals surface area (Å²) in [5, 5.41) is 5.62. The number of ether oxygens (including phenoxy) is 1. The lowest BCUT2D eigenvalue weighted by atomic mass is 10.1. The van der Waals surface area contributed by atoms with Gasteiger partial charge in [0.1, 0.15) is 29.3 Å². The van der Waals surface area contributed by atoms with Crippen molar-refractivity contribution in [2.75, 3.05) is 18.8 Å². The molecule has 0 atom stereocenters. The minimum atomic E-state index is -0.274. The molecule has 0 bridgehead atoms. The minimum Gasteiger partial charge on any atom is -0.457 e. The predicted molar refractivity (Wildman–Crippen MR) is 125 cm³/mol. The number of para-hydroxylation sites is 1. The number of terminal acetylenes is 1. The number of likely N-dealkylation sites (tertiary alicyclic amines) is 1. The smallest absolute Gasteiger partial charge is 0.298 e. The average Bonchev–Trinajstić information content (AvgIpc) is 3.26. The van der Waals surface area contributed by atoms with Crippen LogP contribution in [0.5, 0.6) is 11.5 Å². The third kappa shape index (κ3) is 3.96. The lowest BCUT2D eigenvalue weighted by Crippen LogP contribution is -2.38. The highest BCUT2D eigenvalue weighted by molar-refractivity contribution is 5.98. The Morgan fingerprint density at radius 1 is 1.03 bits per heavy atom. The van der Waals surface area contributed by atoms with E-state index in [1.165, 1.54) is 6.33 Å². The van der Waals surface area contributed by atoms with E-state index in [9.17, 15) is 4.79 Å². The second-order valence-electron chi connectivity index (χ2n) is 7.86. The van der Waals surface area contributed by atoms with Gasteiger partial charge in [-0.25, -0.2) is 14.6 Å². The second kappa shape index (κ2) is 8.63. The molecule has 164 valence electrons. The summed E-state index contributed by atoms with van der Waals surface area (Å²) in [7, 11) is 0. The number of fused-ring (bicyclic) bond motifs is 1. The molecular formula is C25H22N6O2. The Morgan fingerprint density at radius 2 is 1.73 bits per heavy atom. The third-order valence-corrected chi connectivity index (χ3v) is 5.85. The molecule has 2 aromatic carbocycles. The number of hydrogen-bond acceptors (Lipinski definition) is 6. The van der Waals surface area contributed by atoms with Gasteiger partial charge in [-0.1, -0.05) is 18.2 Å². The van der Waals surface area contributed by atoms with Crippen LogP contribution in [0.15, 0.2) is 60.9 Å². The van der Waals surface area contributed by atoms with Gasteiger partial charge in [0.2, 0.25) is 0 Å². The van der Waals surface area contributed by atoms with E-state index in [4.69, 9.17) is 22.0 Å². The van der Waals surface area contributed by atoms with Gasteiger partial charge < -0.3 is 15.4 Å². The molecule has 2 aromatic heterocycles. The predicted octanol–water partition coefficient (Wildman–Crippen LogP) is 3.66. The summed E-state index contributed by atoms with van der Waals surface area (Å²) in [4.78, 5) is 22.2. The van der Waals surface area contributed by atoms with Gasteiger partial charge in [0.05, 0.1) is 11.4 Å². The molecule has 0 spiro atoms. The van der Waals surface area contributed by atoms with Gasteiger partial charge in [-0.2, -0.15) is 5.10 Å². The summed E-state index contributed by atoms with van der Waals surface area (Å²) in [6, 6.07) is 17.4. The van der Waals surface area contributed by atoms with E-state index in [1.807, 2.05) is 59.3 Å². The number of aromatic nitrogens is 4. The van der Waals surface area contributed by atoms with E-state index < -0.39 is 0 Å². The van der Waals surface area contributed by atoms with E-state index in [1.54, 1.807) is 4.90 Å². The molecule has 5 rings (SSSR count). The van der Waals surface area contributed by atoms with Crippen LogP contribution in [-0.4, -0.2) is 43.6 Å². The molecular weight excluding hydrogens is 416 g/mol. The summed E-state index contributed by atoms with van der Waals surface area (Å²) in [5.74, 6) is 3.79. The maximum atomic E-state index is 11.8. The van der Waals surface area contributed by atoms with Crippen LogP contribution in [0.25, 0.3) is 22.3 Å². The zero-order chi connectivity index (χ0) is 22.8. The Hall–Kier alpha value is -4.38. The summed E-state index contributed by atoms with van der Waals surface area (Å²) in [6.45, 7) is 1.16. The maximum Gasteiger partial charge on any atom is 0.298 e. The first-order valence-corrected chi connectivity index (χ1v) is 10.7. The van der Waals surface area contributed by atoms with Crippen molar-refractivity contribution in [3.05, 3.63) is 60.9 Å². The molecule has 3 heterocycles. The van der Waals surface area contributed by atoms with Crippen LogP contribution in [0.1, 0.15) is 18.9 Å². The molecule has 1 aliphatic rings. The molecule has 0 saturated carbocycles.